The lowest BCUT2D eigenvalue weighted by Gasteiger charge is -2.28. The molecule has 3 rings (SSSR count). The van der Waals surface area contributed by atoms with Crippen molar-refractivity contribution in [2.45, 2.75) is 50.9 Å². The summed E-state index contributed by atoms with van der Waals surface area (Å²) in [5.74, 6) is 0.597. The van der Waals surface area contributed by atoms with Crippen molar-refractivity contribution in [2.24, 2.45) is 0 Å². The van der Waals surface area contributed by atoms with Crippen LogP contribution in [0.15, 0.2) is 24.4 Å². The number of ether oxygens (including phenoxy) is 2. The van der Waals surface area contributed by atoms with Gasteiger partial charge in [-0.1, -0.05) is 31.2 Å². The van der Waals surface area contributed by atoms with Crippen LogP contribution in [-0.4, -0.2) is 42.0 Å². The average molecular weight is 408 g/mol. The van der Waals surface area contributed by atoms with E-state index < -0.39 is 14.0 Å². The van der Waals surface area contributed by atoms with Crippen molar-refractivity contribution < 1.29 is 14.3 Å². The summed E-state index contributed by atoms with van der Waals surface area (Å²) in [5.41, 5.74) is 0.243. The van der Waals surface area contributed by atoms with Crippen LogP contribution < -0.4 is 4.74 Å². The van der Waals surface area contributed by atoms with Gasteiger partial charge in [-0.25, -0.2) is 14.5 Å². The maximum atomic E-state index is 11.8. The second kappa shape index (κ2) is 7.64. The third-order valence-electron chi connectivity index (χ3n) is 5.40. The minimum Gasteiger partial charge on any atom is -0.477 e. The largest absolute Gasteiger partial charge is 0.477 e. The molecule has 0 amide bonds. The molecule has 2 aromatic rings. The number of rotatable bonds is 8. The van der Waals surface area contributed by atoms with Crippen LogP contribution in [0.5, 0.6) is 5.88 Å². The first kappa shape index (κ1) is 19.9. The zero-order valence-electron chi connectivity index (χ0n) is 16.3. The van der Waals surface area contributed by atoms with E-state index in [9.17, 15) is 4.79 Å². The summed E-state index contributed by atoms with van der Waals surface area (Å²) in [5, 5.41) is 5.03. The fourth-order valence-corrected chi connectivity index (χ4v) is 6.01. The van der Waals surface area contributed by atoms with Crippen molar-refractivity contribution >= 4 is 25.6 Å². The highest BCUT2D eigenvalue weighted by Crippen LogP contribution is 2.63. The van der Waals surface area contributed by atoms with Gasteiger partial charge in [0, 0.05) is 12.3 Å². The van der Waals surface area contributed by atoms with Gasteiger partial charge in [0.2, 0.25) is 5.88 Å². The van der Waals surface area contributed by atoms with E-state index in [2.05, 4.69) is 29.7 Å². The third-order valence-corrected chi connectivity index (χ3v) is 9.62. The molecular weight excluding hydrogens is 382 g/mol. The van der Waals surface area contributed by atoms with Gasteiger partial charge in [0.1, 0.15) is 5.15 Å². The summed E-state index contributed by atoms with van der Waals surface area (Å²) in [7, 11) is -1.15. The Hall–Kier alpha value is -1.86. The van der Waals surface area contributed by atoms with Gasteiger partial charge in [0.15, 0.2) is 5.82 Å². The number of esters is 1. The molecule has 0 saturated heterocycles. The molecule has 0 bridgehead atoms. The Morgan fingerprint density at radius 2 is 2.04 bits per heavy atom. The van der Waals surface area contributed by atoms with Gasteiger partial charge in [0.25, 0.3) is 0 Å². The molecule has 146 valence electrons. The summed E-state index contributed by atoms with van der Waals surface area (Å²) in [4.78, 5) is 16.0. The molecule has 1 aliphatic carbocycles. The Labute approximate surface area is 165 Å². The standard InChI is InChI=1S/C19H26ClN3O3Si/c1-5-25-18(24)14-6-7-15(21-17(14)20)23-12-8-16(22-23)26-13-11-19(9-10-19)27(2,3)4/h6-8,12H,5,9-11,13H2,1-4H3. The number of halogens is 1. The number of hydrogen-bond donors (Lipinski definition) is 0. The number of nitrogens with zero attached hydrogens (tertiary/aromatic N) is 3. The second-order valence-corrected chi connectivity index (χ2v) is 13.9. The van der Waals surface area contributed by atoms with Crippen LogP contribution in [0.25, 0.3) is 5.82 Å². The Morgan fingerprint density at radius 3 is 2.63 bits per heavy atom. The van der Waals surface area contributed by atoms with Crippen molar-refractivity contribution in [1.29, 1.82) is 0 Å². The normalized spacial score (nSPS) is 15.4. The number of carbonyl (C=O) groups excluding carboxylic acids is 1. The molecule has 1 aliphatic rings. The Kier molecular flexibility index (Phi) is 5.62. The molecular formula is C19H26ClN3O3Si. The molecule has 0 unspecified atom stereocenters. The Bertz CT molecular complexity index is 828. The van der Waals surface area contributed by atoms with Crippen LogP contribution in [-0.2, 0) is 4.74 Å². The predicted molar refractivity (Wildman–Crippen MR) is 108 cm³/mol. The lowest BCUT2D eigenvalue weighted by Crippen LogP contribution is -2.30. The topological polar surface area (TPSA) is 66.2 Å². The molecule has 0 aromatic carbocycles. The van der Waals surface area contributed by atoms with Gasteiger partial charge >= 0.3 is 5.97 Å². The van der Waals surface area contributed by atoms with Crippen molar-refractivity contribution in [2.75, 3.05) is 13.2 Å². The van der Waals surface area contributed by atoms with Gasteiger partial charge in [-0.15, -0.1) is 5.10 Å². The lowest BCUT2D eigenvalue weighted by molar-refractivity contribution is 0.0526. The van der Waals surface area contributed by atoms with Crippen LogP contribution in [0, 0.1) is 0 Å². The molecule has 1 fully saturated rings. The first-order valence-electron chi connectivity index (χ1n) is 9.28. The molecule has 8 heteroatoms. The molecule has 0 spiro atoms. The SMILES string of the molecule is CCOC(=O)c1ccc(-n2ccc(OCCC3([Si](C)(C)C)CC3)n2)nc1Cl. The minimum atomic E-state index is -1.15. The van der Waals surface area contributed by atoms with E-state index in [-0.39, 0.29) is 17.3 Å². The van der Waals surface area contributed by atoms with E-state index in [0.717, 1.165) is 6.42 Å². The van der Waals surface area contributed by atoms with Gasteiger partial charge in [-0.2, -0.15) is 0 Å². The molecule has 2 aromatic heterocycles. The van der Waals surface area contributed by atoms with Crippen LogP contribution in [0.4, 0.5) is 0 Å². The Balaban J connectivity index is 1.62. The summed E-state index contributed by atoms with van der Waals surface area (Å²) in [6, 6.07) is 5.08. The van der Waals surface area contributed by atoms with Crippen LogP contribution >= 0.6 is 11.6 Å². The van der Waals surface area contributed by atoms with Crippen molar-refractivity contribution in [3.05, 3.63) is 35.1 Å². The molecule has 1 saturated carbocycles. The third kappa shape index (κ3) is 4.35. The fourth-order valence-electron chi connectivity index (χ4n) is 3.30. The average Bonchev–Trinajstić information content (AvgIpc) is 3.25. The van der Waals surface area contributed by atoms with Crippen molar-refractivity contribution in [1.82, 2.24) is 14.8 Å². The highest BCUT2D eigenvalue weighted by atomic mass is 35.5. The molecule has 6 nitrogen and oxygen atoms in total. The monoisotopic (exact) mass is 407 g/mol. The first-order chi connectivity index (χ1) is 12.8. The minimum absolute atomic E-state index is 0.0923. The molecule has 0 radical (unpaired) electrons. The molecule has 27 heavy (non-hydrogen) atoms. The fraction of sp³-hybridized carbons (Fsp3) is 0.526. The first-order valence-corrected chi connectivity index (χ1v) is 13.2. The van der Waals surface area contributed by atoms with E-state index in [1.54, 1.807) is 29.9 Å². The molecule has 0 atom stereocenters. The molecule has 2 heterocycles. The quantitative estimate of drug-likeness (QED) is 0.359. The predicted octanol–water partition coefficient (Wildman–Crippen LogP) is 4.74. The van der Waals surface area contributed by atoms with E-state index in [4.69, 9.17) is 21.1 Å². The Morgan fingerprint density at radius 1 is 1.30 bits per heavy atom. The van der Waals surface area contributed by atoms with Crippen LogP contribution in [0.3, 0.4) is 0 Å². The van der Waals surface area contributed by atoms with Crippen LogP contribution in [0.1, 0.15) is 36.5 Å². The molecule has 0 aliphatic heterocycles. The molecule has 0 N–H and O–H groups in total. The van der Waals surface area contributed by atoms with Gasteiger partial charge < -0.3 is 9.47 Å². The summed E-state index contributed by atoms with van der Waals surface area (Å²) < 4.78 is 12.4. The van der Waals surface area contributed by atoms with E-state index in [1.807, 2.05) is 6.07 Å². The van der Waals surface area contributed by atoms with Crippen LogP contribution in [0.2, 0.25) is 29.8 Å². The lowest BCUT2D eigenvalue weighted by atomic mass is 10.3. The summed E-state index contributed by atoms with van der Waals surface area (Å²) >= 11 is 6.12. The smallest absolute Gasteiger partial charge is 0.341 e. The van der Waals surface area contributed by atoms with Gasteiger partial charge in [0.05, 0.1) is 26.9 Å². The highest BCUT2D eigenvalue weighted by Gasteiger charge is 2.52. The van der Waals surface area contributed by atoms with Gasteiger partial charge in [-0.3, -0.25) is 0 Å². The zero-order valence-corrected chi connectivity index (χ0v) is 18.0. The second-order valence-electron chi connectivity index (χ2n) is 7.96. The van der Waals surface area contributed by atoms with Crippen molar-refractivity contribution in [3.8, 4) is 11.7 Å². The maximum absolute atomic E-state index is 11.8. The number of aromatic nitrogens is 3. The van der Waals surface area contributed by atoms with E-state index in [0.29, 0.717) is 23.3 Å². The maximum Gasteiger partial charge on any atom is 0.341 e. The van der Waals surface area contributed by atoms with Gasteiger partial charge in [-0.05, 0) is 43.4 Å². The highest BCUT2D eigenvalue weighted by molar-refractivity contribution is 6.80. The summed E-state index contributed by atoms with van der Waals surface area (Å²) in [6.45, 7) is 10.0. The summed E-state index contributed by atoms with van der Waals surface area (Å²) in [6.07, 6.45) is 5.52. The number of carbonyl (C=O) groups is 1. The van der Waals surface area contributed by atoms with E-state index in [1.165, 1.54) is 12.8 Å². The number of hydrogen-bond acceptors (Lipinski definition) is 5. The van der Waals surface area contributed by atoms with E-state index >= 15 is 0 Å². The zero-order chi connectivity index (χ0) is 19.7. The number of pyridine rings is 1. The van der Waals surface area contributed by atoms with Crippen molar-refractivity contribution in [3.63, 3.8) is 0 Å².